The molecule has 0 spiro atoms. The van der Waals surface area contributed by atoms with E-state index in [9.17, 15) is 14.7 Å². The average molecular weight is 442 g/mol. The number of nitrogens with zero attached hydrogens (tertiary/aromatic N) is 1. The van der Waals surface area contributed by atoms with Gasteiger partial charge in [0.15, 0.2) is 16.9 Å². The molecule has 0 atom stereocenters. The van der Waals surface area contributed by atoms with Gasteiger partial charge in [-0.2, -0.15) is 5.26 Å². The van der Waals surface area contributed by atoms with Crippen molar-refractivity contribution in [3.63, 3.8) is 0 Å². The van der Waals surface area contributed by atoms with Crippen molar-refractivity contribution in [2.45, 2.75) is 0 Å². The van der Waals surface area contributed by atoms with E-state index >= 15 is 0 Å². The van der Waals surface area contributed by atoms with Crippen molar-refractivity contribution in [2.75, 3.05) is 19.5 Å². The number of hydrogen-bond donors (Lipinski definition) is 2. The Hall–Kier alpha value is -4.77. The Morgan fingerprint density at radius 2 is 1.82 bits per heavy atom. The zero-order valence-electron chi connectivity index (χ0n) is 17.7. The quantitative estimate of drug-likeness (QED) is 0.472. The van der Waals surface area contributed by atoms with Gasteiger partial charge < -0.3 is 24.3 Å². The van der Waals surface area contributed by atoms with Crippen LogP contribution in [0.5, 0.6) is 17.2 Å². The van der Waals surface area contributed by atoms with E-state index in [0.29, 0.717) is 22.4 Å². The van der Waals surface area contributed by atoms with E-state index in [1.807, 2.05) is 6.07 Å². The number of nitriles is 1. The van der Waals surface area contributed by atoms with E-state index in [1.165, 1.54) is 26.4 Å². The first-order valence-corrected chi connectivity index (χ1v) is 9.79. The highest BCUT2D eigenvalue weighted by Gasteiger charge is 2.19. The topological polar surface area (TPSA) is 122 Å². The van der Waals surface area contributed by atoms with Gasteiger partial charge in [-0.15, -0.1) is 0 Å². The molecule has 1 heterocycles. The number of carbonyl (C=O) groups is 1. The molecule has 8 nitrogen and oxygen atoms in total. The van der Waals surface area contributed by atoms with Crippen molar-refractivity contribution in [2.24, 2.45) is 0 Å². The van der Waals surface area contributed by atoms with E-state index in [4.69, 9.17) is 19.2 Å². The lowest BCUT2D eigenvalue weighted by Crippen LogP contribution is -2.11. The Labute approximate surface area is 188 Å². The van der Waals surface area contributed by atoms with Crippen molar-refractivity contribution in [1.82, 2.24) is 0 Å². The zero-order valence-corrected chi connectivity index (χ0v) is 17.7. The summed E-state index contributed by atoms with van der Waals surface area (Å²) in [5.74, 6) is -0.284. The number of amides is 1. The fourth-order valence-electron chi connectivity index (χ4n) is 3.40. The molecular weight excluding hydrogens is 424 g/mol. The summed E-state index contributed by atoms with van der Waals surface area (Å²) in [6.45, 7) is 0. The Balaban J connectivity index is 1.71. The van der Waals surface area contributed by atoms with Crippen LogP contribution in [-0.4, -0.2) is 25.2 Å². The van der Waals surface area contributed by atoms with Gasteiger partial charge in [0.25, 0.3) is 5.91 Å². The number of benzene rings is 3. The lowest BCUT2D eigenvalue weighted by Gasteiger charge is -2.12. The summed E-state index contributed by atoms with van der Waals surface area (Å²) in [6.07, 6.45) is 0. The van der Waals surface area contributed by atoms with Crippen LogP contribution in [0.3, 0.4) is 0 Å². The number of phenols is 1. The molecule has 0 radical (unpaired) electrons. The van der Waals surface area contributed by atoms with Crippen molar-refractivity contribution >= 4 is 22.6 Å². The second-order valence-electron chi connectivity index (χ2n) is 7.03. The number of nitrogens with one attached hydrogen (secondary N) is 1. The first kappa shape index (κ1) is 21.5. The standard InChI is InChI=1S/C25H18N2O6/c1-31-21-12-20-22(23(29)24(21)32-2)18(28)11-19(33-20)15-4-3-5-16(10-15)25(30)27-17-8-6-14(13-26)7-9-17/h3-12,29H,1-2H3,(H,27,30). The minimum atomic E-state index is -0.475. The molecule has 0 aliphatic rings. The summed E-state index contributed by atoms with van der Waals surface area (Å²) in [7, 11) is 2.76. The van der Waals surface area contributed by atoms with Crippen LogP contribution in [0.25, 0.3) is 22.3 Å². The molecule has 1 aromatic heterocycles. The average Bonchev–Trinajstić information content (AvgIpc) is 2.84. The lowest BCUT2D eigenvalue weighted by molar-refractivity contribution is 0.102. The fraction of sp³-hybridized carbons (Fsp3) is 0.0800. The number of methoxy groups -OCH3 is 2. The third kappa shape index (κ3) is 4.07. The molecule has 0 saturated carbocycles. The monoisotopic (exact) mass is 442 g/mol. The van der Waals surface area contributed by atoms with Crippen LogP contribution in [0.4, 0.5) is 5.69 Å². The van der Waals surface area contributed by atoms with E-state index in [-0.39, 0.29) is 39.9 Å². The van der Waals surface area contributed by atoms with Crippen LogP contribution in [0, 0.1) is 11.3 Å². The van der Waals surface area contributed by atoms with Gasteiger partial charge in [-0.05, 0) is 36.4 Å². The summed E-state index contributed by atoms with van der Waals surface area (Å²) >= 11 is 0. The number of carbonyl (C=O) groups excluding carboxylic acids is 1. The van der Waals surface area contributed by atoms with E-state index in [1.54, 1.807) is 48.5 Å². The summed E-state index contributed by atoms with van der Waals surface area (Å²) in [4.78, 5) is 25.5. The van der Waals surface area contributed by atoms with E-state index in [0.717, 1.165) is 0 Å². The highest BCUT2D eigenvalue weighted by Crippen LogP contribution is 2.42. The molecular formula is C25H18N2O6. The largest absolute Gasteiger partial charge is 0.504 e. The molecule has 3 aromatic carbocycles. The molecule has 0 saturated heterocycles. The first-order valence-electron chi connectivity index (χ1n) is 9.79. The van der Waals surface area contributed by atoms with Crippen molar-refractivity contribution in [1.29, 1.82) is 5.26 Å². The van der Waals surface area contributed by atoms with Crippen LogP contribution in [0.15, 0.2) is 69.9 Å². The highest BCUT2D eigenvalue weighted by atomic mass is 16.5. The molecule has 1 amide bonds. The van der Waals surface area contributed by atoms with Crippen molar-refractivity contribution < 1.29 is 23.8 Å². The van der Waals surface area contributed by atoms with Gasteiger partial charge >= 0.3 is 0 Å². The lowest BCUT2D eigenvalue weighted by atomic mass is 10.1. The second kappa shape index (κ2) is 8.77. The number of ether oxygens (including phenoxy) is 2. The van der Waals surface area contributed by atoms with Gasteiger partial charge in [-0.3, -0.25) is 9.59 Å². The number of hydrogen-bond acceptors (Lipinski definition) is 7. The van der Waals surface area contributed by atoms with Crippen molar-refractivity contribution in [3.8, 4) is 34.6 Å². The van der Waals surface area contributed by atoms with Crippen LogP contribution in [-0.2, 0) is 0 Å². The Kier molecular flexibility index (Phi) is 5.70. The predicted molar refractivity (Wildman–Crippen MR) is 122 cm³/mol. The fourth-order valence-corrected chi connectivity index (χ4v) is 3.40. The van der Waals surface area contributed by atoms with Crippen LogP contribution >= 0.6 is 0 Å². The number of phenolic OH excluding ortho intramolecular Hbond substituents is 1. The molecule has 0 fully saturated rings. The zero-order chi connectivity index (χ0) is 23.5. The van der Waals surface area contributed by atoms with Crippen LogP contribution in [0.1, 0.15) is 15.9 Å². The van der Waals surface area contributed by atoms with Crippen LogP contribution < -0.4 is 20.2 Å². The third-order valence-electron chi connectivity index (χ3n) is 5.02. The second-order valence-corrected chi connectivity index (χ2v) is 7.03. The number of rotatable bonds is 5. The molecule has 2 N–H and O–H groups in total. The molecule has 4 aromatic rings. The molecule has 33 heavy (non-hydrogen) atoms. The molecule has 0 unspecified atom stereocenters. The molecule has 0 aliphatic heterocycles. The minimum absolute atomic E-state index is 0.0338. The van der Waals surface area contributed by atoms with Gasteiger partial charge in [-0.25, -0.2) is 0 Å². The van der Waals surface area contributed by atoms with Gasteiger partial charge in [0.2, 0.25) is 5.75 Å². The Morgan fingerprint density at radius 3 is 2.48 bits per heavy atom. The Bertz CT molecular complexity index is 1470. The third-order valence-corrected chi connectivity index (χ3v) is 5.02. The van der Waals surface area contributed by atoms with Crippen molar-refractivity contribution in [3.05, 3.63) is 82.0 Å². The minimum Gasteiger partial charge on any atom is -0.504 e. The molecule has 4 rings (SSSR count). The summed E-state index contributed by atoms with van der Waals surface area (Å²) in [5.41, 5.74) is 1.50. The molecule has 8 heteroatoms. The van der Waals surface area contributed by atoms with Gasteiger partial charge in [0.1, 0.15) is 16.7 Å². The van der Waals surface area contributed by atoms with Gasteiger partial charge in [0, 0.05) is 28.9 Å². The number of fused-ring (bicyclic) bond motifs is 1. The molecule has 164 valence electrons. The molecule has 0 bridgehead atoms. The molecule has 0 aliphatic carbocycles. The SMILES string of the molecule is COc1cc2oc(-c3cccc(C(=O)Nc4ccc(C#N)cc4)c3)cc(=O)c2c(O)c1OC. The predicted octanol–water partition coefficient (Wildman–Crippen LogP) is 4.31. The maximum atomic E-state index is 12.8. The smallest absolute Gasteiger partial charge is 0.255 e. The van der Waals surface area contributed by atoms with Gasteiger partial charge in [-0.1, -0.05) is 12.1 Å². The maximum Gasteiger partial charge on any atom is 0.255 e. The van der Waals surface area contributed by atoms with E-state index < -0.39 is 5.43 Å². The van der Waals surface area contributed by atoms with Crippen LogP contribution in [0.2, 0.25) is 0 Å². The maximum absolute atomic E-state index is 12.8. The number of aromatic hydroxyl groups is 1. The summed E-state index contributed by atoms with van der Waals surface area (Å²) < 4.78 is 16.2. The highest BCUT2D eigenvalue weighted by molar-refractivity contribution is 6.05. The summed E-state index contributed by atoms with van der Waals surface area (Å²) in [6, 6.07) is 17.8. The first-order chi connectivity index (χ1) is 15.9. The normalized spacial score (nSPS) is 10.5. The summed E-state index contributed by atoms with van der Waals surface area (Å²) in [5, 5.41) is 22.1. The van der Waals surface area contributed by atoms with Gasteiger partial charge in [0.05, 0.1) is 25.9 Å². The number of anilines is 1. The Morgan fingerprint density at radius 1 is 1.06 bits per heavy atom. The van der Waals surface area contributed by atoms with E-state index in [2.05, 4.69) is 5.32 Å².